The number of nitrogens with zero attached hydrogens (tertiary/aromatic N) is 5. The molecule has 0 unspecified atom stereocenters. The highest BCUT2D eigenvalue weighted by Gasteiger charge is 2.40. The van der Waals surface area contributed by atoms with Gasteiger partial charge in [0.15, 0.2) is 5.75 Å². The van der Waals surface area contributed by atoms with E-state index in [0.29, 0.717) is 12.0 Å². The fourth-order valence-corrected chi connectivity index (χ4v) is 6.06. The van der Waals surface area contributed by atoms with Crippen molar-refractivity contribution < 1.29 is 19.0 Å². The summed E-state index contributed by atoms with van der Waals surface area (Å²) in [5.41, 5.74) is 4.64. The van der Waals surface area contributed by atoms with Crippen molar-refractivity contribution >= 4 is 23.3 Å². The van der Waals surface area contributed by atoms with Gasteiger partial charge in [-0.15, -0.1) is 0 Å². The summed E-state index contributed by atoms with van der Waals surface area (Å²) in [5, 5.41) is 3.61. The second kappa shape index (κ2) is 10.1. The fraction of sp³-hybridized carbons (Fsp3) is 0.621. The lowest BCUT2D eigenvalue weighted by Gasteiger charge is -2.44. The molecule has 0 spiro atoms. The molecule has 2 atom stereocenters. The molecule has 0 aliphatic carbocycles. The van der Waals surface area contributed by atoms with Crippen LogP contribution in [0.3, 0.4) is 0 Å². The number of aryl methyl sites for hydroxylation is 1. The van der Waals surface area contributed by atoms with E-state index in [0.717, 1.165) is 98.8 Å². The van der Waals surface area contributed by atoms with Gasteiger partial charge in [-0.3, -0.25) is 9.88 Å². The van der Waals surface area contributed by atoms with Gasteiger partial charge in [0.05, 0.1) is 30.2 Å². The van der Waals surface area contributed by atoms with Gasteiger partial charge < -0.3 is 29.3 Å². The number of fused-ring (bicyclic) bond motifs is 2. The Morgan fingerprint density at radius 1 is 1.15 bits per heavy atom. The van der Waals surface area contributed by atoms with Gasteiger partial charge in [-0.2, -0.15) is 0 Å². The monoisotopic (exact) mass is 536 g/mol. The molecule has 6 heterocycles. The summed E-state index contributed by atoms with van der Waals surface area (Å²) in [7, 11) is 0. The first kappa shape index (κ1) is 26.1. The number of aromatic nitrogens is 2. The van der Waals surface area contributed by atoms with Crippen molar-refractivity contribution in [1.29, 1.82) is 0 Å². The molecule has 2 aromatic heterocycles. The number of hydrogen-bond acceptors (Lipinski definition) is 9. The van der Waals surface area contributed by atoms with Gasteiger partial charge in [0.2, 0.25) is 0 Å². The second-order valence-electron chi connectivity index (χ2n) is 12.1. The van der Waals surface area contributed by atoms with E-state index in [9.17, 15) is 4.79 Å². The molecule has 10 nitrogen and oxygen atoms in total. The average molecular weight is 537 g/mol. The van der Waals surface area contributed by atoms with Crippen LogP contribution in [0.1, 0.15) is 63.1 Å². The van der Waals surface area contributed by atoms with Gasteiger partial charge in [-0.1, -0.05) is 0 Å². The summed E-state index contributed by atoms with van der Waals surface area (Å²) < 4.78 is 17.6. The van der Waals surface area contributed by atoms with Gasteiger partial charge in [-0.25, -0.2) is 9.78 Å². The second-order valence-corrected chi connectivity index (χ2v) is 12.1. The van der Waals surface area contributed by atoms with E-state index in [1.165, 1.54) is 0 Å². The van der Waals surface area contributed by atoms with Crippen molar-refractivity contribution in [3.05, 3.63) is 35.3 Å². The molecule has 39 heavy (non-hydrogen) atoms. The summed E-state index contributed by atoms with van der Waals surface area (Å²) in [6.45, 7) is 16.4. The number of carbonyl (C=O) groups excluding carboxylic acids is 1. The van der Waals surface area contributed by atoms with E-state index >= 15 is 0 Å². The topological polar surface area (TPSA) is 92.3 Å². The number of amides is 1. The Hall–Kier alpha value is -3.11. The third-order valence-corrected chi connectivity index (χ3v) is 8.10. The summed E-state index contributed by atoms with van der Waals surface area (Å²) in [6.07, 6.45) is 2.53. The summed E-state index contributed by atoms with van der Waals surface area (Å²) in [4.78, 5) is 28.7. The molecule has 0 bridgehead atoms. The molecule has 210 valence electrons. The summed E-state index contributed by atoms with van der Waals surface area (Å²) in [5.74, 6) is 1.96. The van der Waals surface area contributed by atoms with Crippen molar-refractivity contribution in [3.63, 3.8) is 0 Å². The van der Waals surface area contributed by atoms with Crippen molar-refractivity contribution in [2.45, 2.75) is 64.7 Å². The number of hydrogen-bond donors (Lipinski definition) is 1. The van der Waals surface area contributed by atoms with Gasteiger partial charge in [0.25, 0.3) is 0 Å². The Kier molecular flexibility index (Phi) is 6.79. The molecule has 3 saturated heterocycles. The number of ether oxygens (including phenoxy) is 3. The standard InChI is InChI=1S/C29H40N6O4/c1-18-26-23(32-27-25(19(2)38-26)24(6-8-30-27)33-10-12-37-13-11-33)14-22(31-18)20-7-9-34(15-20)21-16-35(17-21)28(36)39-29(3,4)5/h6,8,14,19-21H,7,9-13,15-17H2,1-5H3,(H,30,32)/t19-,20-/m1/s1. The lowest BCUT2D eigenvalue weighted by molar-refractivity contribution is -0.0114. The van der Waals surface area contributed by atoms with Crippen LogP contribution in [0.2, 0.25) is 0 Å². The van der Waals surface area contributed by atoms with Crippen LogP contribution in [0.4, 0.5) is 22.0 Å². The van der Waals surface area contributed by atoms with E-state index in [1.807, 2.05) is 33.9 Å². The van der Waals surface area contributed by atoms with E-state index in [4.69, 9.17) is 24.2 Å². The molecule has 0 saturated carbocycles. The SMILES string of the molecule is Cc1nc([C@@H]2CCN(C3CN(C(=O)OC(C)(C)C)C3)C2)cc2c1O[C@H](C)c1c(N3CCOCC3)ccnc1N2. The minimum Gasteiger partial charge on any atom is -0.482 e. The minimum atomic E-state index is -0.467. The molecule has 0 aromatic carbocycles. The van der Waals surface area contributed by atoms with Gasteiger partial charge in [0.1, 0.15) is 17.5 Å². The van der Waals surface area contributed by atoms with E-state index < -0.39 is 5.60 Å². The number of anilines is 3. The zero-order chi connectivity index (χ0) is 27.3. The molecule has 4 aliphatic rings. The first-order valence-electron chi connectivity index (χ1n) is 14.1. The van der Waals surface area contributed by atoms with Crippen molar-refractivity contribution in [1.82, 2.24) is 19.8 Å². The maximum atomic E-state index is 12.4. The average Bonchev–Trinajstić information content (AvgIpc) is 3.28. The molecule has 6 rings (SSSR count). The smallest absolute Gasteiger partial charge is 0.410 e. The lowest BCUT2D eigenvalue weighted by Crippen LogP contribution is -2.61. The van der Waals surface area contributed by atoms with Gasteiger partial charge in [0, 0.05) is 62.3 Å². The molecular weight excluding hydrogens is 496 g/mol. The zero-order valence-electron chi connectivity index (χ0n) is 23.7. The van der Waals surface area contributed by atoms with Crippen LogP contribution >= 0.6 is 0 Å². The molecule has 1 amide bonds. The molecule has 2 aromatic rings. The highest BCUT2D eigenvalue weighted by Crippen LogP contribution is 2.44. The quantitative estimate of drug-likeness (QED) is 0.619. The Bertz CT molecular complexity index is 1240. The van der Waals surface area contributed by atoms with Crippen LogP contribution in [-0.2, 0) is 9.47 Å². The number of likely N-dealkylation sites (tertiary alicyclic amines) is 2. The zero-order valence-corrected chi connectivity index (χ0v) is 23.7. The highest BCUT2D eigenvalue weighted by atomic mass is 16.6. The molecule has 1 N–H and O–H groups in total. The van der Waals surface area contributed by atoms with Crippen molar-refractivity contribution in [2.24, 2.45) is 0 Å². The van der Waals surface area contributed by atoms with E-state index in [-0.39, 0.29) is 12.2 Å². The molecule has 10 heteroatoms. The minimum absolute atomic E-state index is 0.167. The van der Waals surface area contributed by atoms with Crippen LogP contribution in [0.15, 0.2) is 18.3 Å². The Morgan fingerprint density at radius 2 is 1.92 bits per heavy atom. The van der Waals surface area contributed by atoms with Gasteiger partial charge in [-0.05, 0) is 59.7 Å². The Balaban J connectivity index is 1.17. The van der Waals surface area contributed by atoms with Crippen LogP contribution in [0.5, 0.6) is 5.75 Å². The fourth-order valence-electron chi connectivity index (χ4n) is 6.06. The third kappa shape index (κ3) is 5.24. The maximum Gasteiger partial charge on any atom is 0.410 e. The van der Waals surface area contributed by atoms with Crippen LogP contribution in [0, 0.1) is 6.92 Å². The lowest BCUT2D eigenvalue weighted by atomic mass is 10.0. The highest BCUT2D eigenvalue weighted by molar-refractivity contribution is 5.74. The van der Waals surface area contributed by atoms with Crippen molar-refractivity contribution in [2.75, 3.05) is 62.7 Å². The number of pyridine rings is 2. The molecule has 3 fully saturated rings. The number of nitrogens with one attached hydrogen (secondary N) is 1. The number of morpholine rings is 1. The predicted octanol–water partition coefficient (Wildman–Crippen LogP) is 4.23. The molecule has 0 radical (unpaired) electrons. The summed E-state index contributed by atoms with van der Waals surface area (Å²) in [6, 6.07) is 4.60. The number of carbonyl (C=O) groups is 1. The number of rotatable bonds is 3. The predicted molar refractivity (Wildman–Crippen MR) is 149 cm³/mol. The molecular formula is C29H40N6O4. The Labute approximate surface area is 230 Å². The summed E-state index contributed by atoms with van der Waals surface area (Å²) >= 11 is 0. The first-order valence-corrected chi connectivity index (χ1v) is 14.1. The van der Waals surface area contributed by atoms with Crippen molar-refractivity contribution in [3.8, 4) is 5.75 Å². The largest absolute Gasteiger partial charge is 0.482 e. The van der Waals surface area contributed by atoms with Crippen LogP contribution in [0.25, 0.3) is 0 Å². The van der Waals surface area contributed by atoms with Crippen LogP contribution in [-0.4, -0.2) is 90.0 Å². The van der Waals surface area contributed by atoms with Gasteiger partial charge >= 0.3 is 6.09 Å². The van der Waals surface area contributed by atoms with E-state index in [1.54, 1.807) is 4.90 Å². The maximum absolute atomic E-state index is 12.4. The third-order valence-electron chi connectivity index (χ3n) is 8.10. The molecule has 4 aliphatic heterocycles. The first-order chi connectivity index (χ1) is 18.7. The van der Waals surface area contributed by atoms with Crippen LogP contribution < -0.4 is 15.0 Å². The normalized spacial score (nSPS) is 23.7. The Morgan fingerprint density at radius 3 is 2.67 bits per heavy atom. The van der Waals surface area contributed by atoms with E-state index in [2.05, 4.69) is 34.2 Å².